The topological polar surface area (TPSA) is 46.5 Å². The van der Waals surface area contributed by atoms with Crippen LogP contribution in [-0.4, -0.2) is 11.1 Å². The molecule has 20 heavy (non-hydrogen) atoms. The Morgan fingerprint density at radius 3 is 2.65 bits per heavy atom. The summed E-state index contributed by atoms with van der Waals surface area (Å²) in [7, 11) is -3.51. The maximum atomic E-state index is 12.1. The molecule has 112 valence electrons. The van der Waals surface area contributed by atoms with Crippen LogP contribution in [-0.2, 0) is 4.57 Å². The van der Waals surface area contributed by atoms with Gasteiger partial charge in [-0.05, 0) is 36.8 Å². The molecule has 1 aromatic rings. The third-order valence-corrected chi connectivity index (χ3v) is 5.36. The lowest BCUT2D eigenvalue weighted by Gasteiger charge is -2.25. The molecule has 0 heterocycles. The van der Waals surface area contributed by atoms with Crippen LogP contribution in [0.15, 0.2) is 24.3 Å². The first-order chi connectivity index (χ1) is 9.62. The third-order valence-electron chi connectivity index (χ3n) is 4.00. The first-order valence-electron chi connectivity index (χ1n) is 7.73. The van der Waals surface area contributed by atoms with Gasteiger partial charge < -0.3 is 9.42 Å². The quantitative estimate of drug-likeness (QED) is 0.743. The number of benzene rings is 1. The average molecular weight is 296 g/mol. The van der Waals surface area contributed by atoms with Crippen molar-refractivity contribution in [2.24, 2.45) is 0 Å². The smallest absolute Gasteiger partial charge is 0.376 e. The Morgan fingerprint density at radius 1 is 1.25 bits per heavy atom. The molecular weight excluding hydrogens is 271 g/mol. The van der Waals surface area contributed by atoms with Gasteiger partial charge in [0.25, 0.3) is 0 Å². The molecule has 0 amide bonds. The molecule has 0 spiro atoms. The first kappa shape index (κ1) is 15.6. The van der Waals surface area contributed by atoms with Crippen molar-refractivity contribution < 1.29 is 14.0 Å². The van der Waals surface area contributed by atoms with E-state index in [9.17, 15) is 9.46 Å². The van der Waals surface area contributed by atoms with Crippen molar-refractivity contribution in [2.75, 3.05) is 6.16 Å². The van der Waals surface area contributed by atoms with Gasteiger partial charge in [0.1, 0.15) is 5.75 Å². The third kappa shape index (κ3) is 4.36. The molecule has 0 saturated heterocycles. The van der Waals surface area contributed by atoms with Crippen molar-refractivity contribution in [2.45, 2.75) is 57.8 Å². The summed E-state index contributed by atoms with van der Waals surface area (Å²) in [5, 5.41) is 0. The Kier molecular flexibility index (Phi) is 5.68. The highest BCUT2D eigenvalue weighted by Gasteiger charge is 2.24. The van der Waals surface area contributed by atoms with Gasteiger partial charge in [-0.2, -0.15) is 0 Å². The molecule has 1 N–H and O–H groups in total. The van der Waals surface area contributed by atoms with Crippen LogP contribution in [0.3, 0.4) is 0 Å². The van der Waals surface area contributed by atoms with Crippen LogP contribution in [0.25, 0.3) is 0 Å². The Morgan fingerprint density at radius 2 is 1.95 bits per heavy atom. The summed E-state index contributed by atoms with van der Waals surface area (Å²) >= 11 is 0. The first-order valence-corrected chi connectivity index (χ1v) is 9.49. The van der Waals surface area contributed by atoms with E-state index in [0.29, 0.717) is 11.7 Å². The van der Waals surface area contributed by atoms with Gasteiger partial charge in [0.05, 0.1) is 6.16 Å². The zero-order chi connectivity index (χ0) is 14.4. The molecule has 0 aromatic heterocycles. The Hall–Kier alpha value is -0.790. The standard InChI is InChI=1S/C16H25O3P/c1-2-3-13-20(17,18)19-16-12-8-7-11-15(16)14-9-5-4-6-10-14/h7-8,11-12,14H,2-6,9-10,13H2,1H3,(H,17,18). The van der Waals surface area contributed by atoms with E-state index in [0.717, 1.165) is 31.2 Å². The summed E-state index contributed by atoms with van der Waals surface area (Å²) in [6.07, 6.45) is 7.96. The van der Waals surface area contributed by atoms with Crippen LogP contribution in [0.4, 0.5) is 0 Å². The van der Waals surface area contributed by atoms with E-state index in [-0.39, 0.29) is 6.16 Å². The van der Waals surface area contributed by atoms with Gasteiger partial charge in [0.2, 0.25) is 0 Å². The van der Waals surface area contributed by atoms with Gasteiger partial charge in [-0.3, -0.25) is 0 Å². The van der Waals surface area contributed by atoms with Crippen molar-refractivity contribution in [3.8, 4) is 5.75 Å². The lowest BCUT2D eigenvalue weighted by molar-refractivity contribution is 0.370. The van der Waals surface area contributed by atoms with Crippen LogP contribution < -0.4 is 4.52 Å². The largest absolute Gasteiger partial charge is 0.424 e. The summed E-state index contributed by atoms with van der Waals surface area (Å²) in [6.45, 7) is 2.01. The second-order valence-corrected chi connectivity index (χ2v) is 7.58. The van der Waals surface area contributed by atoms with E-state index >= 15 is 0 Å². The molecule has 0 aliphatic heterocycles. The summed E-state index contributed by atoms with van der Waals surface area (Å²) in [5.74, 6) is 1.09. The molecule has 1 fully saturated rings. The summed E-state index contributed by atoms with van der Waals surface area (Å²) in [6, 6.07) is 7.75. The van der Waals surface area contributed by atoms with Crippen molar-refractivity contribution >= 4 is 7.60 Å². The molecule has 1 aliphatic carbocycles. The Balaban J connectivity index is 2.13. The van der Waals surface area contributed by atoms with Gasteiger partial charge in [-0.25, -0.2) is 4.57 Å². The predicted molar refractivity (Wildman–Crippen MR) is 82.5 cm³/mol. The summed E-state index contributed by atoms with van der Waals surface area (Å²) < 4.78 is 17.6. The minimum absolute atomic E-state index is 0.239. The molecule has 1 atom stereocenters. The SMILES string of the molecule is CCCCP(=O)(O)Oc1ccccc1C1CCCCC1. The molecule has 1 aliphatic rings. The minimum atomic E-state index is -3.51. The highest BCUT2D eigenvalue weighted by molar-refractivity contribution is 7.53. The van der Waals surface area contributed by atoms with E-state index in [4.69, 9.17) is 4.52 Å². The Labute approximate surface area is 121 Å². The van der Waals surface area contributed by atoms with Crippen molar-refractivity contribution in [1.29, 1.82) is 0 Å². The van der Waals surface area contributed by atoms with Crippen molar-refractivity contribution in [1.82, 2.24) is 0 Å². The summed E-state index contributed by atoms with van der Waals surface area (Å²) in [5.41, 5.74) is 1.11. The Bertz CT molecular complexity index is 467. The molecule has 0 bridgehead atoms. The fraction of sp³-hybridized carbons (Fsp3) is 0.625. The lowest BCUT2D eigenvalue weighted by atomic mass is 9.84. The molecule has 1 unspecified atom stereocenters. The van der Waals surface area contributed by atoms with Crippen LogP contribution in [0, 0.1) is 0 Å². The van der Waals surface area contributed by atoms with E-state index in [1.807, 2.05) is 31.2 Å². The maximum Gasteiger partial charge on any atom is 0.376 e. The average Bonchev–Trinajstić information content (AvgIpc) is 2.46. The number of hydrogen-bond donors (Lipinski definition) is 1. The van der Waals surface area contributed by atoms with E-state index in [1.54, 1.807) is 0 Å². The van der Waals surface area contributed by atoms with Crippen molar-refractivity contribution in [3.05, 3.63) is 29.8 Å². The molecule has 3 nitrogen and oxygen atoms in total. The molecule has 2 rings (SSSR count). The molecule has 1 saturated carbocycles. The summed E-state index contributed by atoms with van der Waals surface area (Å²) in [4.78, 5) is 9.96. The van der Waals surface area contributed by atoms with Crippen LogP contribution in [0.2, 0.25) is 0 Å². The van der Waals surface area contributed by atoms with Crippen LogP contribution in [0.1, 0.15) is 63.4 Å². The highest BCUT2D eigenvalue weighted by Crippen LogP contribution is 2.47. The monoisotopic (exact) mass is 296 g/mol. The number of unbranched alkanes of at least 4 members (excludes halogenated alkanes) is 1. The molecule has 4 heteroatoms. The van der Waals surface area contributed by atoms with Crippen LogP contribution in [0.5, 0.6) is 5.75 Å². The van der Waals surface area contributed by atoms with Gasteiger partial charge >= 0.3 is 7.60 Å². The molecule has 1 aromatic carbocycles. The van der Waals surface area contributed by atoms with E-state index in [1.165, 1.54) is 19.3 Å². The second-order valence-electron chi connectivity index (χ2n) is 5.68. The zero-order valence-corrected chi connectivity index (χ0v) is 13.1. The van der Waals surface area contributed by atoms with Gasteiger partial charge in [0.15, 0.2) is 0 Å². The second kappa shape index (κ2) is 7.28. The number of para-hydroxylation sites is 1. The highest BCUT2D eigenvalue weighted by atomic mass is 31.2. The molecular formula is C16H25O3P. The van der Waals surface area contributed by atoms with E-state index < -0.39 is 7.60 Å². The number of hydrogen-bond acceptors (Lipinski definition) is 2. The van der Waals surface area contributed by atoms with Crippen molar-refractivity contribution in [3.63, 3.8) is 0 Å². The van der Waals surface area contributed by atoms with Gasteiger partial charge in [-0.15, -0.1) is 0 Å². The molecule has 0 radical (unpaired) electrons. The fourth-order valence-corrected chi connectivity index (χ4v) is 4.15. The van der Waals surface area contributed by atoms with Crippen LogP contribution >= 0.6 is 7.60 Å². The maximum absolute atomic E-state index is 12.1. The van der Waals surface area contributed by atoms with E-state index in [2.05, 4.69) is 0 Å². The number of rotatable bonds is 6. The fourth-order valence-electron chi connectivity index (χ4n) is 2.87. The normalized spacial score (nSPS) is 19.5. The van der Waals surface area contributed by atoms with Gasteiger partial charge in [-0.1, -0.05) is 50.8 Å². The zero-order valence-electron chi connectivity index (χ0n) is 12.3. The minimum Gasteiger partial charge on any atom is -0.424 e. The van der Waals surface area contributed by atoms with Gasteiger partial charge in [0, 0.05) is 0 Å². The predicted octanol–water partition coefficient (Wildman–Crippen LogP) is 5.10. The lowest BCUT2D eigenvalue weighted by Crippen LogP contribution is -2.07.